The third-order valence-corrected chi connectivity index (χ3v) is 5.80. The number of ether oxygens (including phenoxy) is 1. The Morgan fingerprint density at radius 3 is 2.63 bits per heavy atom. The van der Waals surface area contributed by atoms with Gasteiger partial charge < -0.3 is 14.5 Å². The summed E-state index contributed by atoms with van der Waals surface area (Å²) in [6.45, 7) is 0. The predicted octanol–water partition coefficient (Wildman–Crippen LogP) is 5.19. The van der Waals surface area contributed by atoms with E-state index in [-0.39, 0.29) is 17.5 Å². The number of benzene rings is 2. The van der Waals surface area contributed by atoms with Crippen molar-refractivity contribution in [1.29, 1.82) is 0 Å². The number of fused-ring (bicyclic) bond motifs is 1. The molecule has 0 bridgehead atoms. The number of rotatable bonds is 5. The zero-order valence-electron chi connectivity index (χ0n) is 16.8. The summed E-state index contributed by atoms with van der Waals surface area (Å²) >= 11 is 3.42. The van der Waals surface area contributed by atoms with Gasteiger partial charge >= 0.3 is 0 Å². The van der Waals surface area contributed by atoms with Crippen molar-refractivity contribution in [2.24, 2.45) is 5.10 Å². The van der Waals surface area contributed by atoms with Gasteiger partial charge in [0.25, 0.3) is 5.91 Å². The lowest BCUT2D eigenvalue weighted by atomic mass is 9.95. The van der Waals surface area contributed by atoms with Crippen molar-refractivity contribution in [2.75, 3.05) is 12.5 Å². The largest absolute Gasteiger partial charge is 0.493 e. The molecule has 3 aromatic rings. The number of nitrogens with zero attached hydrogens (tertiary/aromatic N) is 1. The van der Waals surface area contributed by atoms with Crippen LogP contribution in [0.25, 0.3) is 11.0 Å². The van der Waals surface area contributed by atoms with Crippen LogP contribution in [-0.4, -0.2) is 19.1 Å². The molecule has 2 aromatic carbocycles. The SMILES string of the molecule is COc1cccc2cc(C(=O)NC3CCCCC3)/c(=N\Nc3ccc(Br)cc3)oc12. The Balaban J connectivity index is 1.73. The van der Waals surface area contributed by atoms with Crippen molar-refractivity contribution in [3.63, 3.8) is 0 Å². The minimum absolute atomic E-state index is 0.174. The molecule has 1 aromatic heterocycles. The number of hydrogen-bond acceptors (Lipinski definition) is 5. The molecule has 0 aliphatic heterocycles. The van der Waals surface area contributed by atoms with Crippen molar-refractivity contribution in [3.8, 4) is 5.75 Å². The fourth-order valence-corrected chi connectivity index (χ4v) is 3.95. The van der Waals surface area contributed by atoms with E-state index >= 15 is 0 Å². The Kier molecular flexibility index (Phi) is 6.38. The van der Waals surface area contributed by atoms with Crippen molar-refractivity contribution in [2.45, 2.75) is 38.1 Å². The van der Waals surface area contributed by atoms with E-state index in [0.717, 1.165) is 41.2 Å². The Bertz CT molecular complexity index is 1100. The van der Waals surface area contributed by atoms with E-state index in [1.54, 1.807) is 7.11 Å². The fraction of sp³-hybridized carbons (Fsp3) is 0.304. The fourth-order valence-electron chi connectivity index (χ4n) is 3.68. The van der Waals surface area contributed by atoms with Crippen LogP contribution in [0.15, 0.2) is 62.5 Å². The molecule has 1 aliphatic rings. The van der Waals surface area contributed by atoms with Gasteiger partial charge in [0.05, 0.1) is 12.8 Å². The normalized spacial score (nSPS) is 15.2. The molecule has 0 saturated heterocycles. The van der Waals surface area contributed by atoms with E-state index in [2.05, 4.69) is 31.8 Å². The van der Waals surface area contributed by atoms with Gasteiger partial charge in [-0.05, 0) is 49.2 Å². The first-order valence-electron chi connectivity index (χ1n) is 10.1. The number of hydrogen-bond donors (Lipinski definition) is 2. The van der Waals surface area contributed by atoms with Gasteiger partial charge in [-0.1, -0.05) is 47.3 Å². The van der Waals surface area contributed by atoms with E-state index < -0.39 is 0 Å². The Labute approximate surface area is 183 Å². The number of carbonyl (C=O) groups is 1. The summed E-state index contributed by atoms with van der Waals surface area (Å²) in [7, 11) is 1.59. The molecule has 0 spiro atoms. The second-order valence-electron chi connectivity index (χ2n) is 7.38. The van der Waals surface area contributed by atoms with Crippen LogP contribution in [-0.2, 0) is 0 Å². The monoisotopic (exact) mass is 469 g/mol. The molecule has 1 heterocycles. The average Bonchev–Trinajstić information content (AvgIpc) is 2.78. The van der Waals surface area contributed by atoms with Gasteiger partial charge in [0.15, 0.2) is 11.3 Å². The number of methoxy groups -OCH3 is 1. The van der Waals surface area contributed by atoms with Gasteiger partial charge in [0.2, 0.25) is 5.55 Å². The molecule has 0 unspecified atom stereocenters. The maximum Gasteiger partial charge on any atom is 0.257 e. The van der Waals surface area contributed by atoms with Gasteiger partial charge in [0, 0.05) is 15.9 Å². The lowest BCUT2D eigenvalue weighted by Crippen LogP contribution is -2.38. The van der Waals surface area contributed by atoms with Crippen molar-refractivity contribution in [1.82, 2.24) is 5.32 Å². The first-order chi connectivity index (χ1) is 14.6. The molecular weight excluding hydrogens is 446 g/mol. The Hall–Kier alpha value is -2.80. The van der Waals surface area contributed by atoms with Crippen LogP contribution in [0.3, 0.4) is 0 Å². The molecule has 1 amide bonds. The van der Waals surface area contributed by atoms with E-state index in [9.17, 15) is 4.79 Å². The van der Waals surface area contributed by atoms with Crippen LogP contribution in [0.2, 0.25) is 0 Å². The topological polar surface area (TPSA) is 75.9 Å². The molecule has 4 rings (SSSR count). The quantitative estimate of drug-likeness (QED) is 0.503. The highest BCUT2D eigenvalue weighted by molar-refractivity contribution is 9.10. The minimum Gasteiger partial charge on any atom is -0.493 e. The first kappa shape index (κ1) is 20.5. The number of halogens is 1. The van der Waals surface area contributed by atoms with Gasteiger partial charge in [-0.15, -0.1) is 5.10 Å². The van der Waals surface area contributed by atoms with Crippen molar-refractivity contribution >= 4 is 38.5 Å². The molecule has 156 valence electrons. The number of carbonyl (C=O) groups excluding carboxylic acids is 1. The zero-order chi connectivity index (χ0) is 20.9. The molecule has 1 aliphatic carbocycles. The average molecular weight is 470 g/mol. The lowest BCUT2D eigenvalue weighted by molar-refractivity contribution is 0.0923. The Morgan fingerprint density at radius 2 is 1.90 bits per heavy atom. The van der Waals surface area contributed by atoms with Gasteiger partial charge in [-0.3, -0.25) is 10.2 Å². The van der Waals surface area contributed by atoms with Crippen LogP contribution < -0.4 is 21.0 Å². The van der Waals surface area contributed by atoms with Crippen LogP contribution in [0.1, 0.15) is 42.5 Å². The van der Waals surface area contributed by atoms with Gasteiger partial charge in [-0.2, -0.15) is 0 Å². The van der Waals surface area contributed by atoms with Crippen LogP contribution in [0.4, 0.5) is 5.69 Å². The van der Waals surface area contributed by atoms with E-state index in [1.807, 2.05) is 48.5 Å². The van der Waals surface area contributed by atoms with Gasteiger partial charge in [0.1, 0.15) is 5.56 Å². The smallest absolute Gasteiger partial charge is 0.257 e. The minimum atomic E-state index is -0.174. The highest BCUT2D eigenvalue weighted by Gasteiger charge is 2.20. The summed E-state index contributed by atoms with van der Waals surface area (Å²) in [5, 5.41) is 8.33. The van der Waals surface area contributed by atoms with Crippen molar-refractivity contribution in [3.05, 3.63) is 64.1 Å². The summed E-state index contributed by atoms with van der Waals surface area (Å²) in [5.41, 5.74) is 4.92. The van der Waals surface area contributed by atoms with Crippen LogP contribution >= 0.6 is 15.9 Å². The molecule has 30 heavy (non-hydrogen) atoms. The second-order valence-corrected chi connectivity index (χ2v) is 8.30. The highest BCUT2D eigenvalue weighted by Crippen LogP contribution is 2.25. The van der Waals surface area contributed by atoms with E-state index in [1.165, 1.54) is 6.42 Å². The number of nitrogens with one attached hydrogen (secondary N) is 2. The standard InChI is InChI=1S/C23H24BrN3O3/c1-29-20-9-5-6-15-14-19(22(28)25-17-7-3-2-4-8-17)23(30-21(15)20)27-26-18-12-10-16(24)11-13-18/h5-6,9-14,17,26H,2-4,7-8H2,1H3,(H,25,28)/b27-23+. The summed E-state index contributed by atoms with van der Waals surface area (Å²) in [5.74, 6) is 0.415. The summed E-state index contributed by atoms with van der Waals surface area (Å²) in [6, 6.07) is 15.2. The first-order valence-corrected chi connectivity index (χ1v) is 10.9. The maximum atomic E-state index is 13.1. The van der Waals surface area contributed by atoms with E-state index in [4.69, 9.17) is 9.15 Å². The maximum absolute atomic E-state index is 13.1. The molecule has 0 atom stereocenters. The van der Waals surface area contributed by atoms with Crippen molar-refractivity contribution < 1.29 is 13.9 Å². The van der Waals surface area contributed by atoms with Crippen LogP contribution in [0, 0.1) is 0 Å². The highest BCUT2D eigenvalue weighted by atomic mass is 79.9. The third-order valence-electron chi connectivity index (χ3n) is 5.27. The zero-order valence-corrected chi connectivity index (χ0v) is 18.4. The van der Waals surface area contributed by atoms with E-state index in [0.29, 0.717) is 16.9 Å². The summed E-state index contributed by atoms with van der Waals surface area (Å²) in [4.78, 5) is 13.1. The molecule has 7 heteroatoms. The number of amides is 1. The number of anilines is 1. The second kappa shape index (κ2) is 9.34. The Morgan fingerprint density at radius 1 is 1.13 bits per heavy atom. The lowest BCUT2D eigenvalue weighted by Gasteiger charge is -2.22. The summed E-state index contributed by atoms with van der Waals surface area (Å²) < 4.78 is 12.4. The predicted molar refractivity (Wildman–Crippen MR) is 120 cm³/mol. The van der Waals surface area contributed by atoms with Crippen LogP contribution in [0.5, 0.6) is 5.75 Å². The van der Waals surface area contributed by atoms with Gasteiger partial charge in [-0.25, -0.2) is 0 Å². The third kappa shape index (κ3) is 4.67. The molecule has 1 saturated carbocycles. The molecule has 1 fully saturated rings. The molecule has 2 N–H and O–H groups in total. The molecule has 0 radical (unpaired) electrons. The number of para-hydroxylation sites is 1. The molecular formula is C23H24BrN3O3. The molecule has 6 nitrogen and oxygen atoms in total. The summed E-state index contributed by atoms with van der Waals surface area (Å²) in [6.07, 6.45) is 5.54.